The van der Waals surface area contributed by atoms with Gasteiger partial charge in [-0.3, -0.25) is 0 Å². The number of nitrogens with two attached hydrogens (primary N) is 1. The van der Waals surface area contributed by atoms with Crippen molar-refractivity contribution in [1.29, 1.82) is 0 Å². The van der Waals surface area contributed by atoms with E-state index in [1.165, 1.54) is 0 Å². The van der Waals surface area contributed by atoms with Crippen molar-refractivity contribution in [1.82, 2.24) is 15.1 Å². The smallest absolute Gasteiger partial charge is 0.124 e. The van der Waals surface area contributed by atoms with E-state index < -0.39 is 0 Å². The van der Waals surface area contributed by atoms with E-state index >= 15 is 0 Å². The van der Waals surface area contributed by atoms with Crippen LogP contribution >= 0.6 is 0 Å². The molecule has 0 aliphatic carbocycles. The van der Waals surface area contributed by atoms with Gasteiger partial charge in [0, 0.05) is 31.2 Å². The number of nitrogens with zero attached hydrogens (tertiary/aromatic N) is 2. The van der Waals surface area contributed by atoms with Gasteiger partial charge in [0.25, 0.3) is 0 Å². The predicted molar refractivity (Wildman–Crippen MR) is 70.1 cm³/mol. The summed E-state index contributed by atoms with van der Waals surface area (Å²) >= 11 is 0. The minimum Gasteiger partial charge on any atom is -0.368 e. The first-order chi connectivity index (χ1) is 8.18. The van der Waals surface area contributed by atoms with Gasteiger partial charge < -0.3 is 16.4 Å². The lowest BCUT2D eigenvalue weighted by molar-refractivity contribution is 0.320. The van der Waals surface area contributed by atoms with Crippen LogP contribution < -0.4 is 16.4 Å². The molecule has 2 rings (SSSR count). The van der Waals surface area contributed by atoms with Crippen LogP contribution in [0.15, 0.2) is 12.3 Å². The molecule has 17 heavy (non-hydrogen) atoms. The zero-order valence-electron chi connectivity index (χ0n) is 10.7. The second kappa shape index (κ2) is 5.06. The summed E-state index contributed by atoms with van der Waals surface area (Å²) in [5, 5.41) is 11.1. The van der Waals surface area contributed by atoms with Gasteiger partial charge >= 0.3 is 0 Å². The van der Waals surface area contributed by atoms with E-state index in [1.807, 2.05) is 12.3 Å². The summed E-state index contributed by atoms with van der Waals surface area (Å²) in [6.07, 6.45) is 3.81. The van der Waals surface area contributed by atoms with Crippen LogP contribution in [0.1, 0.15) is 32.7 Å². The van der Waals surface area contributed by atoms with Gasteiger partial charge in [0.2, 0.25) is 0 Å². The maximum absolute atomic E-state index is 6.28. The molecule has 0 spiro atoms. The fraction of sp³-hybridized carbons (Fsp3) is 0.750. The third kappa shape index (κ3) is 2.61. The monoisotopic (exact) mass is 237 g/mol. The largest absolute Gasteiger partial charge is 0.368 e. The van der Waals surface area contributed by atoms with Crippen LogP contribution in [0.5, 0.6) is 0 Å². The zero-order valence-corrected chi connectivity index (χ0v) is 10.7. The number of nitrogens with one attached hydrogen (secondary N) is 2. The Morgan fingerprint density at radius 1 is 1.53 bits per heavy atom. The Morgan fingerprint density at radius 2 is 2.24 bits per heavy atom. The third-order valence-electron chi connectivity index (χ3n) is 3.81. The molecule has 5 nitrogen and oxygen atoms in total. The molecule has 0 saturated carbocycles. The molecule has 0 amide bonds. The first-order valence-electron chi connectivity index (χ1n) is 6.45. The standard InChI is InChI=1S/C12H23N5/c1-3-12(13,4-2)9-15-11-5-6-16-17(11)10-7-14-8-10/h5-6,10,14-15H,3-4,7-9,13H2,1-2H3. The van der Waals surface area contributed by atoms with Gasteiger partial charge in [0.15, 0.2) is 0 Å². The highest BCUT2D eigenvalue weighted by atomic mass is 15.4. The van der Waals surface area contributed by atoms with Crippen molar-refractivity contribution in [3.05, 3.63) is 12.3 Å². The van der Waals surface area contributed by atoms with Crippen molar-refractivity contribution in [2.45, 2.75) is 38.3 Å². The first-order valence-corrected chi connectivity index (χ1v) is 6.45. The van der Waals surface area contributed by atoms with Gasteiger partial charge in [-0.2, -0.15) is 5.10 Å². The maximum atomic E-state index is 6.28. The molecule has 1 aromatic heterocycles. The second-order valence-electron chi connectivity index (χ2n) is 4.90. The Balaban J connectivity index is 1.96. The first kappa shape index (κ1) is 12.4. The van der Waals surface area contributed by atoms with Gasteiger partial charge in [-0.25, -0.2) is 4.68 Å². The van der Waals surface area contributed by atoms with Crippen LogP contribution in [0.3, 0.4) is 0 Å². The molecular weight excluding hydrogens is 214 g/mol. The number of rotatable bonds is 6. The fourth-order valence-electron chi connectivity index (χ4n) is 1.96. The van der Waals surface area contributed by atoms with Crippen LogP contribution in [0.2, 0.25) is 0 Å². The van der Waals surface area contributed by atoms with Crippen molar-refractivity contribution in [2.24, 2.45) is 5.73 Å². The Labute approximate surface area is 103 Å². The summed E-state index contributed by atoms with van der Waals surface area (Å²) < 4.78 is 2.06. The molecule has 5 heteroatoms. The summed E-state index contributed by atoms with van der Waals surface area (Å²) in [5.74, 6) is 1.08. The molecule has 1 aromatic rings. The van der Waals surface area contributed by atoms with Crippen LogP contribution in [0.25, 0.3) is 0 Å². The van der Waals surface area contributed by atoms with Crippen LogP contribution in [0.4, 0.5) is 5.82 Å². The summed E-state index contributed by atoms with van der Waals surface area (Å²) in [6, 6.07) is 2.51. The van der Waals surface area contributed by atoms with Crippen LogP contribution in [0, 0.1) is 0 Å². The van der Waals surface area contributed by atoms with Gasteiger partial charge in [-0.05, 0) is 12.8 Å². The summed E-state index contributed by atoms with van der Waals surface area (Å²) in [4.78, 5) is 0. The molecule has 96 valence electrons. The number of hydrogen-bond acceptors (Lipinski definition) is 4. The molecule has 0 radical (unpaired) electrons. The van der Waals surface area contributed by atoms with Crippen molar-refractivity contribution < 1.29 is 0 Å². The highest BCUT2D eigenvalue weighted by Crippen LogP contribution is 2.19. The average molecular weight is 237 g/mol. The lowest BCUT2D eigenvalue weighted by Gasteiger charge is -2.31. The third-order valence-corrected chi connectivity index (χ3v) is 3.81. The minimum absolute atomic E-state index is 0.118. The molecule has 0 aromatic carbocycles. The van der Waals surface area contributed by atoms with E-state index in [1.54, 1.807) is 0 Å². The van der Waals surface area contributed by atoms with Gasteiger partial charge in [-0.15, -0.1) is 0 Å². The highest BCUT2D eigenvalue weighted by molar-refractivity contribution is 5.35. The van der Waals surface area contributed by atoms with Crippen molar-refractivity contribution in [3.8, 4) is 0 Å². The molecule has 2 heterocycles. The number of anilines is 1. The second-order valence-corrected chi connectivity index (χ2v) is 4.90. The normalized spacial score (nSPS) is 16.9. The Hall–Kier alpha value is -1.07. The Morgan fingerprint density at radius 3 is 2.76 bits per heavy atom. The lowest BCUT2D eigenvalue weighted by atomic mass is 9.94. The van der Waals surface area contributed by atoms with E-state index in [0.717, 1.165) is 38.3 Å². The molecule has 1 aliphatic rings. The van der Waals surface area contributed by atoms with Crippen molar-refractivity contribution in [2.75, 3.05) is 25.0 Å². The molecule has 1 saturated heterocycles. The van der Waals surface area contributed by atoms with Gasteiger partial charge in [0.05, 0.1) is 12.2 Å². The average Bonchev–Trinajstić information content (AvgIpc) is 2.72. The molecule has 0 bridgehead atoms. The van der Waals surface area contributed by atoms with Crippen LogP contribution in [-0.2, 0) is 0 Å². The molecule has 4 N–H and O–H groups in total. The molecule has 1 aliphatic heterocycles. The van der Waals surface area contributed by atoms with Crippen molar-refractivity contribution in [3.63, 3.8) is 0 Å². The Kier molecular flexibility index (Phi) is 3.69. The van der Waals surface area contributed by atoms with E-state index in [4.69, 9.17) is 5.73 Å². The van der Waals surface area contributed by atoms with Crippen molar-refractivity contribution >= 4 is 5.82 Å². The zero-order chi connectivity index (χ0) is 12.3. The summed E-state index contributed by atoms with van der Waals surface area (Å²) in [7, 11) is 0. The molecular formula is C12H23N5. The number of aromatic nitrogens is 2. The Bertz CT molecular complexity index is 352. The van der Waals surface area contributed by atoms with E-state index in [0.29, 0.717) is 6.04 Å². The topological polar surface area (TPSA) is 67.9 Å². The number of hydrogen-bond donors (Lipinski definition) is 3. The SMILES string of the molecule is CCC(N)(CC)CNc1ccnn1C1CNC1. The molecule has 0 unspecified atom stereocenters. The summed E-state index contributed by atoms with van der Waals surface area (Å²) in [6.45, 7) is 7.08. The molecule has 1 fully saturated rings. The lowest BCUT2D eigenvalue weighted by Crippen LogP contribution is -2.46. The summed E-state index contributed by atoms with van der Waals surface area (Å²) in [5.41, 5.74) is 6.16. The van der Waals surface area contributed by atoms with Crippen LogP contribution in [-0.4, -0.2) is 35.0 Å². The van der Waals surface area contributed by atoms with Gasteiger partial charge in [-0.1, -0.05) is 13.8 Å². The fourth-order valence-corrected chi connectivity index (χ4v) is 1.96. The van der Waals surface area contributed by atoms with E-state index in [-0.39, 0.29) is 5.54 Å². The minimum atomic E-state index is -0.118. The quantitative estimate of drug-likeness (QED) is 0.689. The van der Waals surface area contributed by atoms with E-state index in [9.17, 15) is 0 Å². The predicted octanol–water partition coefficient (Wildman–Crippen LogP) is 0.957. The van der Waals surface area contributed by atoms with Gasteiger partial charge in [0.1, 0.15) is 5.82 Å². The molecule has 0 atom stereocenters. The highest BCUT2D eigenvalue weighted by Gasteiger charge is 2.24. The van der Waals surface area contributed by atoms with E-state index in [2.05, 4.69) is 34.3 Å². The maximum Gasteiger partial charge on any atom is 0.124 e.